The molecule has 0 radical (unpaired) electrons. The van der Waals surface area contributed by atoms with Gasteiger partial charge in [-0.3, -0.25) is 0 Å². The lowest BCUT2D eigenvalue weighted by molar-refractivity contribution is 0.831. The largest absolute Gasteiger partial charge is 0.315 e. The van der Waals surface area contributed by atoms with Crippen LogP contribution in [0.5, 0.6) is 0 Å². The van der Waals surface area contributed by atoms with Crippen LogP contribution >= 0.6 is 35.3 Å². The first-order chi connectivity index (χ1) is 4.33. The maximum absolute atomic E-state index is 5.68. The summed E-state index contributed by atoms with van der Waals surface area (Å²) in [5.74, 6) is 0. The molecule has 0 aromatic carbocycles. The van der Waals surface area contributed by atoms with Crippen molar-refractivity contribution in [3.63, 3.8) is 0 Å². The van der Waals surface area contributed by atoms with Crippen molar-refractivity contribution in [1.82, 2.24) is 5.32 Å². The van der Waals surface area contributed by atoms with Crippen LogP contribution in [0.15, 0.2) is 11.4 Å². The second-order valence-electron chi connectivity index (χ2n) is 1.76. The van der Waals surface area contributed by atoms with Gasteiger partial charge in [0.1, 0.15) is 0 Å². The van der Waals surface area contributed by atoms with Crippen molar-refractivity contribution in [2.75, 3.05) is 7.05 Å². The molecule has 0 aliphatic rings. The van der Waals surface area contributed by atoms with Crippen LogP contribution in [0.2, 0.25) is 5.02 Å². The molecule has 0 amide bonds. The number of hydrogen-bond acceptors (Lipinski definition) is 2. The predicted octanol–water partition coefficient (Wildman–Crippen LogP) is 2.54. The zero-order chi connectivity index (χ0) is 6.69. The van der Waals surface area contributed by atoms with Gasteiger partial charge in [0.15, 0.2) is 0 Å². The summed E-state index contributed by atoms with van der Waals surface area (Å²) >= 11 is 7.36. The quantitative estimate of drug-likeness (QED) is 0.769. The molecule has 0 saturated heterocycles. The van der Waals surface area contributed by atoms with E-state index in [2.05, 4.69) is 5.32 Å². The highest BCUT2D eigenvalue weighted by atomic mass is 35.5. The number of halogens is 2. The van der Waals surface area contributed by atoms with Crippen LogP contribution in [-0.4, -0.2) is 7.05 Å². The summed E-state index contributed by atoms with van der Waals surface area (Å²) in [4.78, 5) is 1.28. The highest BCUT2D eigenvalue weighted by molar-refractivity contribution is 7.10. The van der Waals surface area contributed by atoms with E-state index < -0.39 is 0 Å². The Bertz CT molecular complexity index is 188. The van der Waals surface area contributed by atoms with E-state index in [1.807, 2.05) is 18.5 Å². The third-order valence-electron chi connectivity index (χ3n) is 0.973. The number of hydrogen-bond donors (Lipinski definition) is 1. The lowest BCUT2D eigenvalue weighted by Crippen LogP contribution is -2.02. The Hall–Kier alpha value is 0.240. The molecule has 10 heavy (non-hydrogen) atoms. The number of nitrogens with one attached hydrogen (secondary N) is 1. The third-order valence-corrected chi connectivity index (χ3v) is 2.26. The molecular formula is C6H9Cl2NS. The van der Waals surface area contributed by atoms with Crippen LogP contribution in [0, 0.1) is 0 Å². The summed E-state index contributed by atoms with van der Waals surface area (Å²) in [5.41, 5.74) is 0. The van der Waals surface area contributed by atoms with E-state index >= 15 is 0 Å². The van der Waals surface area contributed by atoms with Crippen molar-refractivity contribution in [2.24, 2.45) is 0 Å². The molecule has 0 aliphatic heterocycles. The van der Waals surface area contributed by atoms with Gasteiger partial charge in [0.2, 0.25) is 0 Å². The second-order valence-corrected chi connectivity index (χ2v) is 3.19. The molecule has 0 unspecified atom stereocenters. The van der Waals surface area contributed by atoms with E-state index in [1.54, 1.807) is 11.3 Å². The van der Waals surface area contributed by atoms with E-state index in [-0.39, 0.29) is 12.4 Å². The summed E-state index contributed by atoms with van der Waals surface area (Å²) in [7, 11) is 1.92. The van der Waals surface area contributed by atoms with Gasteiger partial charge in [-0.25, -0.2) is 0 Å². The topological polar surface area (TPSA) is 12.0 Å². The van der Waals surface area contributed by atoms with Gasteiger partial charge in [0, 0.05) is 16.8 Å². The second kappa shape index (κ2) is 4.97. The zero-order valence-corrected chi connectivity index (χ0v) is 7.95. The molecule has 1 rings (SSSR count). The SMILES string of the molecule is CNCc1cc(Cl)cs1.Cl. The third kappa shape index (κ3) is 2.88. The van der Waals surface area contributed by atoms with Gasteiger partial charge >= 0.3 is 0 Å². The summed E-state index contributed by atoms with van der Waals surface area (Å²) < 4.78 is 0. The lowest BCUT2D eigenvalue weighted by Gasteiger charge is -1.89. The highest BCUT2D eigenvalue weighted by Gasteiger charge is 1.93. The van der Waals surface area contributed by atoms with Crippen LogP contribution in [-0.2, 0) is 6.54 Å². The Kier molecular flexibility index (Phi) is 5.09. The van der Waals surface area contributed by atoms with E-state index in [0.29, 0.717) is 0 Å². The van der Waals surface area contributed by atoms with Gasteiger partial charge in [0.25, 0.3) is 0 Å². The van der Waals surface area contributed by atoms with Crippen LogP contribution in [0.25, 0.3) is 0 Å². The van der Waals surface area contributed by atoms with E-state index in [4.69, 9.17) is 11.6 Å². The van der Waals surface area contributed by atoms with Gasteiger partial charge in [-0.15, -0.1) is 23.7 Å². The summed E-state index contributed by atoms with van der Waals surface area (Å²) in [6.07, 6.45) is 0. The minimum absolute atomic E-state index is 0. The molecule has 1 heterocycles. The maximum Gasteiger partial charge on any atom is 0.0516 e. The van der Waals surface area contributed by atoms with Crippen molar-refractivity contribution in [1.29, 1.82) is 0 Å². The van der Waals surface area contributed by atoms with Gasteiger partial charge in [-0.1, -0.05) is 11.6 Å². The Morgan fingerprint density at radius 1 is 1.70 bits per heavy atom. The van der Waals surface area contributed by atoms with Gasteiger partial charge < -0.3 is 5.32 Å². The fourth-order valence-electron chi connectivity index (χ4n) is 0.621. The molecule has 4 heteroatoms. The van der Waals surface area contributed by atoms with Crippen molar-refractivity contribution < 1.29 is 0 Å². The molecule has 1 nitrogen and oxygen atoms in total. The fraction of sp³-hybridized carbons (Fsp3) is 0.333. The molecule has 0 bridgehead atoms. The lowest BCUT2D eigenvalue weighted by atomic mass is 10.5. The highest BCUT2D eigenvalue weighted by Crippen LogP contribution is 2.18. The molecule has 0 saturated carbocycles. The van der Waals surface area contributed by atoms with E-state index in [0.717, 1.165) is 11.6 Å². The summed E-state index contributed by atoms with van der Waals surface area (Å²) in [6, 6.07) is 1.97. The Balaban J connectivity index is 0.000000810. The first-order valence-corrected chi connectivity index (χ1v) is 3.96. The predicted molar refractivity (Wildman–Crippen MR) is 49.3 cm³/mol. The molecule has 0 fully saturated rings. The average Bonchev–Trinajstić information content (AvgIpc) is 2.17. The standard InChI is InChI=1S/C6H8ClNS.ClH/c1-8-3-6-2-5(7)4-9-6;/h2,4,8H,3H2,1H3;1H. The van der Waals surface area contributed by atoms with Crippen LogP contribution < -0.4 is 5.32 Å². The molecule has 1 aromatic rings. The van der Waals surface area contributed by atoms with E-state index in [9.17, 15) is 0 Å². The summed E-state index contributed by atoms with van der Waals surface area (Å²) in [5, 5.41) is 5.83. The Labute approximate surface area is 75.8 Å². The number of thiophene rings is 1. The molecule has 0 aliphatic carbocycles. The minimum Gasteiger partial charge on any atom is -0.315 e. The Morgan fingerprint density at radius 3 is 2.80 bits per heavy atom. The van der Waals surface area contributed by atoms with Crippen molar-refractivity contribution in [3.8, 4) is 0 Å². The van der Waals surface area contributed by atoms with Gasteiger partial charge in [0.05, 0.1) is 5.02 Å². The van der Waals surface area contributed by atoms with Crippen molar-refractivity contribution in [3.05, 3.63) is 21.3 Å². The fourth-order valence-corrected chi connectivity index (χ4v) is 1.71. The van der Waals surface area contributed by atoms with Gasteiger partial charge in [-0.05, 0) is 13.1 Å². The smallest absolute Gasteiger partial charge is 0.0516 e. The monoisotopic (exact) mass is 197 g/mol. The van der Waals surface area contributed by atoms with Crippen LogP contribution in [0.1, 0.15) is 4.88 Å². The molecular weight excluding hydrogens is 189 g/mol. The molecule has 58 valence electrons. The van der Waals surface area contributed by atoms with Crippen molar-refractivity contribution >= 4 is 35.3 Å². The maximum atomic E-state index is 5.68. The first-order valence-electron chi connectivity index (χ1n) is 2.70. The Morgan fingerprint density at radius 2 is 2.40 bits per heavy atom. The molecule has 1 N–H and O–H groups in total. The molecule has 0 atom stereocenters. The first kappa shape index (κ1) is 10.2. The normalized spacial score (nSPS) is 9.00. The van der Waals surface area contributed by atoms with Crippen LogP contribution in [0.4, 0.5) is 0 Å². The zero-order valence-electron chi connectivity index (χ0n) is 5.56. The van der Waals surface area contributed by atoms with Crippen LogP contribution in [0.3, 0.4) is 0 Å². The molecule has 0 spiro atoms. The molecule has 1 aromatic heterocycles. The number of rotatable bonds is 2. The minimum atomic E-state index is 0. The summed E-state index contributed by atoms with van der Waals surface area (Å²) in [6.45, 7) is 0.914. The average molecular weight is 198 g/mol. The van der Waals surface area contributed by atoms with Gasteiger partial charge in [-0.2, -0.15) is 0 Å². The van der Waals surface area contributed by atoms with E-state index in [1.165, 1.54) is 4.88 Å². The van der Waals surface area contributed by atoms with Crippen molar-refractivity contribution in [2.45, 2.75) is 6.54 Å².